The van der Waals surface area contributed by atoms with Gasteiger partial charge in [0.05, 0.1) is 5.56 Å². The van der Waals surface area contributed by atoms with E-state index in [1.165, 1.54) is 12.1 Å². The van der Waals surface area contributed by atoms with E-state index in [2.05, 4.69) is 24.5 Å². The molecule has 1 aromatic carbocycles. The zero-order chi connectivity index (χ0) is 14.4. The fraction of sp³-hybridized carbons (Fsp3) is 0.429. The number of amides is 2. The van der Waals surface area contributed by atoms with Gasteiger partial charge in [-0.3, -0.25) is 0 Å². The summed E-state index contributed by atoms with van der Waals surface area (Å²) in [4.78, 5) is 22.5. The monoisotopic (exact) mass is 264 g/mol. The molecule has 104 valence electrons. The van der Waals surface area contributed by atoms with Gasteiger partial charge in [-0.25, -0.2) is 9.59 Å². The third kappa shape index (κ3) is 5.42. The Bertz CT molecular complexity index is 458. The molecule has 0 radical (unpaired) electrons. The molecular weight excluding hydrogens is 244 g/mol. The van der Waals surface area contributed by atoms with Gasteiger partial charge in [0.25, 0.3) is 0 Å². The number of rotatable bonds is 5. The van der Waals surface area contributed by atoms with E-state index in [0.717, 1.165) is 6.42 Å². The molecule has 19 heavy (non-hydrogen) atoms. The number of carbonyl (C=O) groups is 2. The smallest absolute Gasteiger partial charge is 0.335 e. The number of carboxylic acid groups (broad SMARTS) is 1. The number of urea groups is 1. The first-order valence-corrected chi connectivity index (χ1v) is 6.29. The van der Waals surface area contributed by atoms with Crippen LogP contribution in [0.5, 0.6) is 0 Å². The third-order valence-electron chi connectivity index (χ3n) is 2.57. The Hall–Kier alpha value is -2.04. The van der Waals surface area contributed by atoms with Crippen LogP contribution in [0.2, 0.25) is 0 Å². The Labute approximate surface area is 113 Å². The van der Waals surface area contributed by atoms with Gasteiger partial charge in [0.1, 0.15) is 0 Å². The van der Waals surface area contributed by atoms with Gasteiger partial charge in [0.15, 0.2) is 0 Å². The molecule has 1 rings (SSSR count). The van der Waals surface area contributed by atoms with Crippen LogP contribution in [0, 0.1) is 5.92 Å². The van der Waals surface area contributed by atoms with Gasteiger partial charge in [-0.15, -0.1) is 0 Å². The molecule has 1 unspecified atom stereocenters. The largest absolute Gasteiger partial charge is 0.478 e. The molecule has 0 aliphatic carbocycles. The zero-order valence-electron chi connectivity index (χ0n) is 11.4. The number of aromatic carboxylic acids is 1. The number of carbonyl (C=O) groups excluding carboxylic acids is 1. The lowest BCUT2D eigenvalue weighted by Crippen LogP contribution is -2.36. The molecule has 0 saturated carbocycles. The molecule has 0 saturated heterocycles. The van der Waals surface area contributed by atoms with Crippen molar-refractivity contribution in [2.24, 2.45) is 5.92 Å². The molecule has 5 nitrogen and oxygen atoms in total. The highest BCUT2D eigenvalue weighted by Crippen LogP contribution is 2.11. The number of nitrogens with one attached hydrogen (secondary N) is 2. The van der Waals surface area contributed by atoms with E-state index in [1.807, 2.05) is 6.92 Å². The van der Waals surface area contributed by atoms with Crippen LogP contribution < -0.4 is 10.6 Å². The van der Waals surface area contributed by atoms with Crippen molar-refractivity contribution >= 4 is 17.7 Å². The molecule has 0 bridgehead atoms. The van der Waals surface area contributed by atoms with Crippen molar-refractivity contribution in [2.45, 2.75) is 33.2 Å². The molecule has 0 spiro atoms. The van der Waals surface area contributed by atoms with Crippen molar-refractivity contribution in [3.05, 3.63) is 29.8 Å². The molecule has 2 amide bonds. The number of hydrogen-bond donors (Lipinski definition) is 3. The van der Waals surface area contributed by atoms with Crippen LogP contribution in [-0.4, -0.2) is 23.1 Å². The molecule has 0 heterocycles. The van der Waals surface area contributed by atoms with E-state index in [9.17, 15) is 9.59 Å². The lowest BCUT2D eigenvalue weighted by Gasteiger charge is -2.16. The zero-order valence-corrected chi connectivity index (χ0v) is 11.4. The van der Waals surface area contributed by atoms with Crippen LogP contribution in [0.25, 0.3) is 0 Å². The molecule has 1 atom stereocenters. The van der Waals surface area contributed by atoms with E-state index in [-0.39, 0.29) is 17.6 Å². The molecule has 0 aliphatic rings. The van der Waals surface area contributed by atoms with Crippen molar-refractivity contribution in [1.82, 2.24) is 5.32 Å². The summed E-state index contributed by atoms with van der Waals surface area (Å²) in [5.74, 6) is -0.511. The normalized spacial score (nSPS) is 12.0. The van der Waals surface area contributed by atoms with Crippen molar-refractivity contribution in [3.63, 3.8) is 0 Å². The van der Waals surface area contributed by atoms with E-state index in [4.69, 9.17) is 5.11 Å². The molecule has 1 aromatic rings. The van der Waals surface area contributed by atoms with Gasteiger partial charge in [-0.05, 0) is 37.5 Å². The van der Waals surface area contributed by atoms with Gasteiger partial charge in [-0.2, -0.15) is 0 Å². The molecule has 0 aromatic heterocycles. The minimum atomic E-state index is -1.02. The lowest BCUT2D eigenvalue weighted by molar-refractivity contribution is 0.0697. The highest BCUT2D eigenvalue weighted by molar-refractivity contribution is 5.93. The topological polar surface area (TPSA) is 78.4 Å². The Balaban J connectivity index is 2.57. The van der Waals surface area contributed by atoms with Crippen molar-refractivity contribution in [3.8, 4) is 0 Å². The second-order valence-corrected chi connectivity index (χ2v) is 5.02. The molecule has 0 fully saturated rings. The van der Waals surface area contributed by atoms with Crippen LogP contribution in [0.4, 0.5) is 10.5 Å². The van der Waals surface area contributed by atoms with E-state index in [1.54, 1.807) is 12.1 Å². The van der Waals surface area contributed by atoms with E-state index in [0.29, 0.717) is 11.6 Å². The lowest BCUT2D eigenvalue weighted by atomic mass is 10.1. The minimum Gasteiger partial charge on any atom is -0.478 e. The van der Waals surface area contributed by atoms with Gasteiger partial charge >= 0.3 is 12.0 Å². The summed E-state index contributed by atoms with van der Waals surface area (Å²) >= 11 is 0. The van der Waals surface area contributed by atoms with E-state index >= 15 is 0 Å². The predicted octanol–water partition coefficient (Wildman–Crippen LogP) is 2.94. The molecule has 0 aliphatic heterocycles. The van der Waals surface area contributed by atoms with Gasteiger partial charge < -0.3 is 15.7 Å². The first-order valence-electron chi connectivity index (χ1n) is 6.29. The quantitative estimate of drug-likeness (QED) is 0.765. The van der Waals surface area contributed by atoms with Crippen LogP contribution in [0.3, 0.4) is 0 Å². The van der Waals surface area contributed by atoms with Gasteiger partial charge in [-0.1, -0.05) is 19.9 Å². The Kier molecular flexibility index (Phi) is 5.36. The first-order chi connectivity index (χ1) is 8.88. The van der Waals surface area contributed by atoms with E-state index < -0.39 is 5.97 Å². The van der Waals surface area contributed by atoms with Crippen molar-refractivity contribution in [1.29, 1.82) is 0 Å². The summed E-state index contributed by atoms with van der Waals surface area (Å²) in [6.45, 7) is 6.12. The Morgan fingerprint density at radius 1 is 1.26 bits per heavy atom. The van der Waals surface area contributed by atoms with Gasteiger partial charge in [0.2, 0.25) is 0 Å². The average molecular weight is 264 g/mol. The maximum atomic E-state index is 11.7. The number of benzene rings is 1. The molecule has 5 heteroatoms. The third-order valence-corrected chi connectivity index (χ3v) is 2.57. The average Bonchev–Trinajstić information content (AvgIpc) is 2.27. The Morgan fingerprint density at radius 3 is 2.53 bits per heavy atom. The molecule has 3 N–H and O–H groups in total. The predicted molar refractivity (Wildman–Crippen MR) is 74.5 cm³/mol. The summed E-state index contributed by atoms with van der Waals surface area (Å²) in [7, 11) is 0. The van der Waals surface area contributed by atoms with Crippen molar-refractivity contribution < 1.29 is 14.7 Å². The maximum absolute atomic E-state index is 11.7. The number of carboxylic acids is 1. The number of hydrogen-bond acceptors (Lipinski definition) is 2. The second-order valence-electron chi connectivity index (χ2n) is 5.02. The van der Waals surface area contributed by atoms with Crippen LogP contribution in [0.1, 0.15) is 37.6 Å². The highest BCUT2D eigenvalue weighted by Gasteiger charge is 2.10. The highest BCUT2D eigenvalue weighted by atomic mass is 16.4. The fourth-order valence-corrected chi connectivity index (χ4v) is 1.89. The summed E-state index contributed by atoms with van der Waals surface area (Å²) in [5, 5.41) is 14.3. The first kappa shape index (κ1) is 15.0. The summed E-state index contributed by atoms with van der Waals surface area (Å²) in [6, 6.07) is 5.90. The number of anilines is 1. The van der Waals surface area contributed by atoms with Crippen LogP contribution in [0.15, 0.2) is 24.3 Å². The SMILES string of the molecule is CC(C)CC(C)NC(=O)Nc1cccc(C(=O)O)c1. The summed E-state index contributed by atoms with van der Waals surface area (Å²) < 4.78 is 0. The Morgan fingerprint density at radius 2 is 1.95 bits per heavy atom. The fourth-order valence-electron chi connectivity index (χ4n) is 1.89. The second kappa shape index (κ2) is 6.78. The van der Waals surface area contributed by atoms with Crippen LogP contribution >= 0.6 is 0 Å². The summed E-state index contributed by atoms with van der Waals surface area (Å²) in [6.07, 6.45) is 0.891. The standard InChI is InChI=1S/C14H20N2O3/c1-9(2)7-10(3)15-14(19)16-12-6-4-5-11(8-12)13(17)18/h4-6,8-10H,7H2,1-3H3,(H,17,18)(H2,15,16,19). The van der Waals surface area contributed by atoms with Gasteiger partial charge in [0, 0.05) is 11.7 Å². The van der Waals surface area contributed by atoms with Crippen molar-refractivity contribution in [2.75, 3.05) is 5.32 Å². The summed E-state index contributed by atoms with van der Waals surface area (Å²) in [5.41, 5.74) is 0.613. The molecular formula is C14H20N2O3. The minimum absolute atomic E-state index is 0.0719. The van der Waals surface area contributed by atoms with Crippen LogP contribution in [-0.2, 0) is 0 Å². The maximum Gasteiger partial charge on any atom is 0.335 e.